The average Bonchev–Trinajstić information content (AvgIpc) is 3.22. The summed E-state index contributed by atoms with van der Waals surface area (Å²) in [5, 5.41) is 47.7. The molecule has 1 fully saturated rings. The Bertz CT molecular complexity index is 1050. The lowest BCUT2D eigenvalue weighted by Crippen LogP contribution is -2.58. The number of nitrogens with two attached hydrogens (primary N) is 1. The number of hydrogen-bond donors (Lipinski definition) is 7. The molecule has 2 amide bonds. The van der Waals surface area contributed by atoms with Crippen molar-refractivity contribution in [2.75, 3.05) is 13.2 Å². The van der Waals surface area contributed by atoms with Gasteiger partial charge in [0, 0.05) is 24.1 Å². The zero-order valence-electron chi connectivity index (χ0n) is 20.3. The number of nitrogens with zero attached hydrogens (tertiary/aromatic N) is 1. The first-order valence-corrected chi connectivity index (χ1v) is 11.9. The average molecular weight is 525 g/mol. The number of H-pyrrole nitrogens is 1. The van der Waals surface area contributed by atoms with E-state index in [0.29, 0.717) is 30.5 Å². The van der Waals surface area contributed by atoms with E-state index >= 15 is 0 Å². The highest BCUT2D eigenvalue weighted by atomic mass is 19.1. The first-order valence-electron chi connectivity index (χ1n) is 11.9. The van der Waals surface area contributed by atoms with Crippen LogP contribution in [0.3, 0.4) is 0 Å². The molecule has 0 bridgehead atoms. The maximum atomic E-state index is 14.0. The number of amides is 2. The van der Waals surface area contributed by atoms with Crippen molar-refractivity contribution < 1.29 is 43.9 Å². The molecule has 0 spiro atoms. The number of hydrogen-bond acceptors (Lipinski definition) is 9. The number of alkyl halides is 1. The fourth-order valence-electron chi connectivity index (χ4n) is 3.94. The summed E-state index contributed by atoms with van der Waals surface area (Å²) in [6.07, 6.45) is -6.44. The summed E-state index contributed by atoms with van der Waals surface area (Å²) in [4.78, 5) is 23.0. The smallest absolute Gasteiger partial charge is 0.242 e. The van der Waals surface area contributed by atoms with E-state index in [-0.39, 0.29) is 18.2 Å². The Hall–Kier alpha value is -3.10. The van der Waals surface area contributed by atoms with Gasteiger partial charge in [0.05, 0.1) is 13.2 Å². The topological polar surface area (TPSA) is 200 Å². The quantitative estimate of drug-likeness (QED) is 0.177. The molecule has 1 saturated heterocycles. The number of nitrogens with one attached hydrogen (secondary N) is 2. The van der Waals surface area contributed by atoms with E-state index in [2.05, 4.69) is 15.5 Å². The summed E-state index contributed by atoms with van der Waals surface area (Å²) in [6, 6.07) is 6.56. The molecular formula is C24H33FN4O8. The lowest BCUT2D eigenvalue weighted by molar-refractivity contribution is -0.265. The molecule has 2 aromatic rings. The number of aromatic nitrogens is 2. The Morgan fingerprint density at radius 3 is 2.51 bits per heavy atom. The van der Waals surface area contributed by atoms with Crippen LogP contribution in [0.1, 0.15) is 35.2 Å². The monoisotopic (exact) mass is 524 g/mol. The predicted octanol–water partition coefficient (Wildman–Crippen LogP) is -1.25. The summed E-state index contributed by atoms with van der Waals surface area (Å²) in [7, 11) is 0. The summed E-state index contributed by atoms with van der Waals surface area (Å²) < 4.78 is 24.9. The molecule has 1 aromatic carbocycles. The summed E-state index contributed by atoms with van der Waals surface area (Å²) in [6.45, 7) is 0.545. The van der Waals surface area contributed by atoms with Crippen LogP contribution >= 0.6 is 0 Å². The van der Waals surface area contributed by atoms with Gasteiger partial charge in [-0.15, -0.1) is 5.10 Å². The number of aliphatic hydroxyl groups excluding tert-OH is 4. The van der Waals surface area contributed by atoms with Crippen LogP contribution in [-0.2, 0) is 27.2 Å². The lowest BCUT2D eigenvalue weighted by Gasteiger charge is -2.38. The molecule has 12 nitrogen and oxygen atoms in total. The molecule has 1 aliphatic heterocycles. The number of primary amides is 1. The fourth-order valence-corrected chi connectivity index (χ4v) is 3.94. The second-order valence-electron chi connectivity index (χ2n) is 8.95. The Kier molecular flexibility index (Phi) is 9.94. The first kappa shape index (κ1) is 28.5. The van der Waals surface area contributed by atoms with E-state index in [1.54, 1.807) is 6.92 Å². The standard InChI is InChI=1S/C24H33FN4O8/c1-12-15(23(29-28-12)37-24-21(34)20(33)19(25)17(11-31)36-24)9-14-7-5-13(6-8-14)3-2-4-18(32)27-16(10-30)22(26)35/h5-8,16-17,19-21,24,30-31,33-34H,2-4,9-11H2,1H3,(H2,26,35)(H,27,32)(H,28,29). The van der Waals surface area contributed by atoms with Gasteiger partial charge in [0.1, 0.15) is 24.4 Å². The Balaban J connectivity index is 1.56. The van der Waals surface area contributed by atoms with Crippen LogP contribution in [0.5, 0.6) is 5.88 Å². The predicted molar refractivity (Wildman–Crippen MR) is 127 cm³/mol. The minimum atomic E-state index is -1.96. The number of aromatic amines is 1. The van der Waals surface area contributed by atoms with Crippen LogP contribution in [0.25, 0.3) is 0 Å². The summed E-state index contributed by atoms with van der Waals surface area (Å²) in [5.74, 6) is -1.05. The molecule has 2 heterocycles. The van der Waals surface area contributed by atoms with Gasteiger partial charge in [-0.05, 0) is 30.9 Å². The van der Waals surface area contributed by atoms with Gasteiger partial charge in [0.25, 0.3) is 0 Å². The largest absolute Gasteiger partial charge is 0.443 e. The van der Waals surface area contributed by atoms with Crippen molar-refractivity contribution in [3.63, 3.8) is 0 Å². The van der Waals surface area contributed by atoms with Crippen molar-refractivity contribution in [2.45, 2.75) is 69.4 Å². The molecule has 6 atom stereocenters. The third-order valence-electron chi connectivity index (χ3n) is 6.20. The van der Waals surface area contributed by atoms with Gasteiger partial charge in [-0.2, -0.15) is 0 Å². The van der Waals surface area contributed by atoms with Gasteiger partial charge in [-0.25, -0.2) is 4.39 Å². The van der Waals surface area contributed by atoms with Crippen molar-refractivity contribution in [3.8, 4) is 5.88 Å². The number of rotatable bonds is 12. The molecule has 13 heteroatoms. The molecule has 0 saturated carbocycles. The molecule has 1 aliphatic rings. The summed E-state index contributed by atoms with van der Waals surface area (Å²) >= 11 is 0. The highest BCUT2D eigenvalue weighted by molar-refractivity contribution is 5.86. The van der Waals surface area contributed by atoms with Gasteiger partial charge < -0.3 is 41.0 Å². The van der Waals surface area contributed by atoms with Crippen LogP contribution in [0.15, 0.2) is 24.3 Å². The van der Waals surface area contributed by atoms with E-state index in [0.717, 1.165) is 11.1 Å². The van der Waals surface area contributed by atoms with Gasteiger partial charge in [-0.3, -0.25) is 14.7 Å². The Morgan fingerprint density at radius 2 is 1.89 bits per heavy atom. The number of carbonyl (C=O) groups is 2. The van der Waals surface area contributed by atoms with Crippen molar-refractivity contribution in [1.29, 1.82) is 0 Å². The number of ether oxygens (including phenoxy) is 2. The van der Waals surface area contributed by atoms with Gasteiger partial charge >= 0.3 is 0 Å². The molecule has 204 valence electrons. The van der Waals surface area contributed by atoms with Gasteiger partial charge in [0.15, 0.2) is 6.17 Å². The van der Waals surface area contributed by atoms with E-state index in [9.17, 15) is 29.3 Å². The number of benzene rings is 1. The van der Waals surface area contributed by atoms with E-state index in [1.807, 2.05) is 24.3 Å². The molecule has 0 radical (unpaired) electrons. The van der Waals surface area contributed by atoms with Crippen LogP contribution in [0.4, 0.5) is 4.39 Å². The molecule has 3 rings (SSSR count). The van der Waals surface area contributed by atoms with E-state index < -0.39 is 55.9 Å². The first-order chi connectivity index (χ1) is 17.6. The van der Waals surface area contributed by atoms with Crippen LogP contribution in [0.2, 0.25) is 0 Å². The molecule has 1 aromatic heterocycles. The maximum Gasteiger partial charge on any atom is 0.242 e. The lowest BCUT2D eigenvalue weighted by atomic mass is 10.0. The van der Waals surface area contributed by atoms with Crippen LogP contribution in [-0.4, -0.2) is 92.5 Å². The minimum absolute atomic E-state index is 0.120. The Morgan fingerprint density at radius 1 is 1.22 bits per heavy atom. The highest BCUT2D eigenvalue weighted by Crippen LogP contribution is 2.29. The number of aryl methyl sites for hydroxylation is 2. The van der Waals surface area contributed by atoms with Gasteiger partial charge in [-0.1, -0.05) is 24.3 Å². The summed E-state index contributed by atoms with van der Waals surface area (Å²) in [5.41, 5.74) is 8.39. The van der Waals surface area contributed by atoms with Gasteiger partial charge in [0.2, 0.25) is 24.0 Å². The normalized spacial score (nSPS) is 24.4. The minimum Gasteiger partial charge on any atom is -0.443 e. The third-order valence-corrected chi connectivity index (χ3v) is 6.20. The van der Waals surface area contributed by atoms with Crippen molar-refractivity contribution in [3.05, 3.63) is 46.6 Å². The molecular weight excluding hydrogens is 491 g/mol. The highest BCUT2D eigenvalue weighted by Gasteiger charge is 2.46. The molecule has 8 N–H and O–H groups in total. The Labute approximate surface area is 212 Å². The van der Waals surface area contributed by atoms with Crippen molar-refractivity contribution in [2.24, 2.45) is 5.73 Å². The molecule has 6 unspecified atom stereocenters. The fraction of sp³-hybridized carbons (Fsp3) is 0.542. The zero-order valence-corrected chi connectivity index (χ0v) is 20.3. The van der Waals surface area contributed by atoms with Crippen LogP contribution in [0, 0.1) is 6.92 Å². The molecule has 0 aliphatic carbocycles. The van der Waals surface area contributed by atoms with Crippen molar-refractivity contribution in [1.82, 2.24) is 15.5 Å². The SMILES string of the molecule is Cc1[nH]nc(OC2OC(CO)C(F)C(O)C2O)c1Cc1ccc(CCCC(=O)NC(CO)C(N)=O)cc1. The third kappa shape index (κ3) is 7.23. The zero-order chi connectivity index (χ0) is 27.1. The number of halogens is 1. The second-order valence-corrected chi connectivity index (χ2v) is 8.95. The van der Waals surface area contributed by atoms with Crippen LogP contribution < -0.4 is 15.8 Å². The maximum absolute atomic E-state index is 14.0. The van der Waals surface area contributed by atoms with Crippen molar-refractivity contribution >= 4 is 11.8 Å². The van der Waals surface area contributed by atoms with E-state index in [4.69, 9.17) is 20.3 Å². The molecule has 37 heavy (non-hydrogen) atoms. The number of aliphatic hydroxyl groups is 4. The second kappa shape index (κ2) is 12.9. The number of carbonyl (C=O) groups excluding carboxylic acids is 2. The van der Waals surface area contributed by atoms with E-state index in [1.165, 1.54) is 0 Å².